The molecule has 0 radical (unpaired) electrons. The molecule has 2 N–H and O–H groups in total. The van der Waals surface area contributed by atoms with E-state index in [1.807, 2.05) is 12.1 Å². The second kappa shape index (κ2) is 7.96. The fourth-order valence-corrected chi connectivity index (χ4v) is 2.13. The van der Waals surface area contributed by atoms with Gasteiger partial charge in [0.2, 0.25) is 5.95 Å². The number of amides is 1. The maximum absolute atomic E-state index is 12.9. The number of pyridine rings is 1. The molecule has 0 unspecified atom stereocenters. The van der Waals surface area contributed by atoms with Crippen molar-refractivity contribution in [1.82, 2.24) is 20.3 Å². The van der Waals surface area contributed by atoms with Gasteiger partial charge in [-0.15, -0.1) is 0 Å². The van der Waals surface area contributed by atoms with Gasteiger partial charge in [-0.25, -0.2) is 14.4 Å². The second-order valence-electron chi connectivity index (χ2n) is 5.29. The van der Waals surface area contributed by atoms with Crippen LogP contribution < -0.4 is 10.6 Å². The normalized spacial score (nSPS) is 10.3. The zero-order valence-corrected chi connectivity index (χ0v) is 13.3. The van der Waals surface area contributed by atoms with Gasteiger partial charge in [0.05, 0.1) is 0 Å². The summed E-state index contributed by atoms with van der Waals surface area (Å²) in [5, 5.41) is 5.80. The van der Waals surface area contributed by atoms with Gasteiger partial charge in [-0.3, -0.25) is 9.78 Å². The zero-order chi connectivity index (χ0) is 17.5. The van der Waals surface area contributed by atoms with Gasteiger partial charge in [-0.05, 0) is 35.4 Å². The molecule has 0 saturated heterocycles. The van der Waals surface area contributed by atoms with Crippen molar-refractivity contribution in [2.75, 3.05) is 5.32 Å². The van der Waals surface area contributed by atoms with Gasteiger partial charge < -0.3 is 10.6 Å². The van der Waals surface area contributed by atoms with E-state index < -0.39 is 0 Å². The molecule has 2 heterocycles. The minimum absolute atomic E-state index is 0.264. The van der Waals surface area contributed by atoms with E-state index in [1.165, 1.54) is 18.3 Å². The first-order valence-electron chi connectivity index (χ1n) is 7.69. The smallest absolute Gasteiger partial charge is 0.270 e. The van der Waals surface area contributed by atoms with Crippen LogP contribution in [0, 0.1) is 5.82 Å². The molecule has 1 aromatic carbocycles. The van der Waals surface area contributed by atoms with Crippen molar-refractivity contribution in [1.29, 1.82) is 0 Å². The van der Waals surface area contributed by atoms with Gasteiger partial charge >= 0.3 is 0 Å². The molecule has 6 nitrogen and oxygen atoms in total. The van der Waals surface area contributed by atoms with Crippen LogP contribution in [0.1, 0.15) is 21.6 Å². The molecular formula is C18H16FN5O. The number of aromatic nitrogens is 3. The average Bonchev–Trinajstić information content (AvgIpc) is 2.67. The van der Waals surface area contributed by atoms with Crippen molar-refractivity contribution in [3.05, 3.63) is 83.7 Å². The van der Waals surface area contributed by atoms with Crippen LogP contribution in [0.2, 0.25) is 0 Å². The van der Waals surface area contributed by atoms with Crippen LogP contribution in [-0.4, -0.2) is 20.9 Å². The third-order valence-electron chi connectivity index (χ3n) is 3.43. The Morgan fingerprint density at radius 3 is 2.60 bits per heavy atom. The lowest BCUT2D eigenvalue weighted by Gasteiger charge is -2.07. The minimum atomic E-state index is -0.295. The number of hydrogen-bond acceptors (Lipinski definition) is 5. The van der Waals surface area contributed by atoms with Crippen LogP contribution in [0.4, 0.5) is 10.3 Å². The highest BCUT2D eigenvalue weighted by Crippen LogP contribution is 2.07. The summed E-state index contributed by atoms with van der Waals surface area (Å²) in [6.07, 6.45) is 4.88. The second-order valence-corrected chi connectivity index (χ2v) is 5.29. The first-order valence-corrected chi connectivity index (χ1v) is 7.69. The number of halogens is 1. The predicted molar refractivity (Wildman–Crippen MR) is 91.2 cm³/mol. The van der Waals surface area contributed by atoms with Crippen molar-refractivity contribution in [3.8, 4) is 0 Å². The summed E-state index contributed by atoms with van der Waals surface area (Å²) in [5.41, 5.74) is 2.05. The zero-order valence-electron chi connectivity index (χ0n) is 13.3. The number of carbonyl (C=O) groups excluding carboxylic acids is 1. The molecule has 126 valence electrons. The molecule has 0 aliphatic rings. The first-order chi connectivity index (χ1) is 12.2. The number of anilines is 1. The standard InChI is InChI=1S/C18H16FN5O/c19-15-5-3-13(4-6-15)11-23-18-21-9-7-16(24-18)17(25)22-12-14-2-1-8-20-10-14/h1-10H,11-12H2,(H,22,25)(H,21,23,24). The largest absolute Gasteiger partial charge is 0.350 e. The molecule has 0 aliphatic heterocycles. The summed E-state index contributed by atoms with van der Waals surface area (Å²) >= 11 is 0. The Labute approximate surface area is 144 Å². The summed E-state index contributed by atoms with van der Waals surface area (Å²) in [7, 11) is 0. The molecule has 3 aromatic rings. The summed E-state index contributed by atoms with van der Waals surface area (Å²) in [6.45, 7) is 0.802. The lowest BCUT2D eigenvalue weighted by Crippen LogP contribution is -2.24. The molecule has 3 rings (SSSR count). The van der Waals surface area contributed by atoms with Crippen molar-refractivity contribution < 1.29 is 9.18 Å². The highest BCUT2D eigenvalue weighted by molar-refractivity contribution is 5.92. The van der Waals surface area contributed by atoms with Gasteiger partial charge in [0.25, 0.3) is 5.91 Å². The Balaban J connectivity index is 1.58. The number of rotatable bonds is 6. The van der Waals surface area contributed by atoms with Crippen molar-refractivity contribution in [2.24, 2.45) is 0 Å². The van der Waals surface area contributed by atoms with Gasteiger partial charge in [0, 0.05) is 31.7 Å². The highest BCUT2D eigenvalue weighted by Gasteiger charge is 2.08. The van der Waals surface area contributed by atoms with E-state index in [4.69, 9.17) is 0 Å². The molecule has 0 fully saturated rings. The molecule has 2 aromatic heterocycles. The van der Waals surface area contributed by atoms with E-state index in [1.54, 1.807) is 30.6 Å². The van der Waals surface area contributed by atoms with Crippen LogP contribution in [-0.2, 0) is 13.1 Å². The van der Waals surface area contributed by atoms with Gasteiger partial charge in [0.15, 0.2) is 0 Å². The molecule has 7 heteroatoms. The van der Waals surface area contributed by atoms with E-state index in [-0.39, 0.29) is 17.4 Å². The third-order valence-corrected chi connectivity index (χ3v) is 3.43. The molecule has 0 atom stereocenters. The lowest BCUT2D eigenvalue weighted by atomic mass is 10.2. The Morgan fingerprint density at radius 1 is 1.00 bits per heavy atom. The van der Waals surface area contributed by atoms with E-state index in [2.05, 4.69) is 25.6 Å². The SMILES string of the molecule is O=C(NCc1cccnc1)c1ccnc(NCc2ccc(F)cc2)n1. The van der Waals surface area contributed by atoms with Crippen molar-refractivity contribution in [2.45, 2.75) is 13.1 Å². The highest BCUT2D eigenvalue weighted by atomic mass is 19.1. The summed E-state index contributed by atoms with van der Waals surface area (Å²) < 4.78 is 12.9. The van der Waals surface area contributed by atoms with Crippen LogP contribution >= 0.6 is 0 Å². The quantitative estimate of drug-likeness (QED) is 0.723. The number of hydrogen-bond donors (Lipinski definition) is 2. The maximum atomic E-state index is 12.9. The van der Waals surface area contributed by atoms with E-state index in [0.717, 1.165) is 11.1 Å². The van der Waals surface area contributed by atoms with Crippen LogP contribution in [0.25, 0.3) is 0 Å². The monoisotopic (exact) mass is 337 g/mol. The summed E-state index contributed by atoms with van der Waals surface area (Å²) in [4.78, 5) is 24.5. The molecule has 0 aliphatic carbocycles. The fraction of sp³-hybridized carbons (Fsp3) is 0.111. The molecular weight excluding hydrogens is 321 g/mol. The molecule has 0 bridgehead atoms. The third kappa shape index (κ3) is 4.81. The number of nitrogens with one attached hydrogen (secondary N) is 2. The topological polar surface area (TPSA) is 79.8 Å². The maximum Gasteiger partial charge on any atom is 0.270 e. The Kier molecular flexibility index (Phi) is 5.26. The van der Waals surface area contributed by atoms with E-state index >= 15 is 0 Å². The minimum Gasteiger partial charge on any atom is -0.350 e. The van der Waals surface area contributed by atoms with Gasteiger partial charge in [0.1, 0.15) is 11.5 Å². The lowest BCUT2D eigenvalue weighted by molar-refractivity contribution is 0.0946. The molecule has 0 spiro atoms. The first kappa shape index (κ1) is 16.5. The Hall–Kier alpha value is -3.35. The average molecular weight is 337 g/mol. The van der Waals surface area contributed by atoms with Crippen molar-refractivity contribution in [3.63, 3.8) is 0 Å². The summed E-state index contributed by atoms with van der Waals surface area (Å²) in [5.74, 6) is -0.248. The molecule has 1 amide bonds. The van der Waals surface area contributed by atoms with E-state index in [0.29, 0.717) is 19.0 Å². The van der Waals surface area contributed by atoms with Gasteiger partial charge in [-0.2, -0.15) is 0 Å². The van der Waals surface area contributed by atoms with Gasteiger partial charge in [-0.1, -0.05) is 18.2 Å². The number of carbonyl (C=O) groups is 1. The predicted octanol–water partition coefficient (Wildman–Crippen LogP) is 2.55. The Morgan fingerprint density at radius 2 is 1.84 bits per heavy atom. The van der Waals surface area contributed by atoms with E-state index in [9.17, 15) is 9.18 Å². The van der Waals surface area contributed by atoms with Crippen LogP contribution in [0.5, 0.6) is 0 Å². The summed E-state index contributed by atoms with van der Waals surface area (Å²) in [6, 6.07) is 11.4. The molecule has 25 heavy (non-hydrogen) atoms. The fourth-order valence-electron chi connectivity index (χ4n) is 2.13. The number of benzene rings is 1. The number of nitrogens with zero attached hydrogens (tertiary/aromatic N) is 3. The Bertz CT molecular complexity index is 840. The van der Waals surface area contributed by atoms with Crippen LogP contribution in [0.15, 0.2) is 61.1 Å². The van der Waals surface area contributed by atoms with Crippen molar-refractivity contribution >= 4 is 11.9 Å². The molecule has 0 saturated carbocycles. The van der Waals surface area contributed by atoms with Crippen LogP contribution in [0.3, 0.4) is 0 Å².